The molecule has 0 unspecified atom stereocenters. The number of halogens is 1. The highest BCUT2D eigenvalue weighted by atomic mass is 19.3. The molecule has 0 atom stereocenters. The fraction of sp³-hybridized carbons (Fsp3) is 0.200. The number of carbonyl (C=O) groups excluding carboxylic acids is 2. The molecule has 4 nitrogen and oxygen atoms in total. The first-order chi connectivity index (χ1) is 7.13. The third-order valence-corrected chi connectivity index (χ3v) is 1.70. The van der Waals surface area contributed by atoms with Gasteiger partial charge in [-0.05, 0) is 31.2 Å². The van der Waals surface area contributed by atoms with Gasteiger partial charge in [0, 0.05) is 10.1 Å². The molecule has 5 heteroatoms. The summed E-state index contributed by atoms with van der Waals surface area (Å²) in [7, 11) is 0. The van der Waals surface area contributed by atoms with Gasteiger partial charge in [0.15, 0.2) is 12.4 Å². The SMILES string of the molecule is CC(=O)c1ccc(OCC(=O)OF)cc1. The predicted molar refractivity (Wildman–Crippen MR) is 49.1 cm³/mol. The smallest absolute Gasteiger partial charge is 0.385 e. The summed E-state index contributed by atoms with van der Waals surface area (Å²) in [6.07, 6.45) is 0. The molecular formula is C10H9FO4. The lowest BCUT2D eigenvalue weighted by Gasteiger charge is -2.03. The minimum Gasteiger partial charge on any atom is -0.482 e. The molecule has 0 N–H and O–H groups in total. The van der Waals surface area contributed by atoms with Crippen molar-refractivity contribution in [1.29, 1.82) is 0 Å². The molecule has 0 aliphatic carbocycles. The van der Waals surface area contributed by atoms with Crippen LogP contribution in [0.5, 0.6) is 5.75 Å². The van der Waals surface area contributed by atoms with E-state index in [0.717, 1.165) is 0 Å². The number of carbonyl (C=O) groups is 2. The van der Waals surface area contributed by atoms with Crippen LogP contribution < -0.4 is 4.74 Å². The Kier molecular flexibility index (Phi) is 3.79. The van der Waals surface area contributed by atoms with Crippen molar-refractivity contribution in [2.24, 2.45) is 0 Å². The van der Waals surface area contributed by atoms with Gasteiger partial charge in [-0.1, -0.05) is 0 Å². The number of hydrogen-bond acceptors (Lipinski definition) is 4. The Hall–Kier alpha value is -1.91. The molecule has 1 aromatic rings. The van der Waals surface area contributed by atoms with Crippen LogP contribution in [-0.2, 0) is 9.74 Å². The van der Waals surface area contributed by atoms with Gasteiger partial charge in [0.05, 0.1) is 0 Å². The fourth-order valence-corrected chi connectivity index (χ4v) is 0.950. The maximum absolute atomic E-state index is 11.3. The molecule has 0 saturated carbocycles. The van der Waals surface area contributed by atoms with Crippen LogP contribution in [0.2, 0.25) is 0 Å². The topological polar surface area (TPSA) is 52.6 Å². The number of benzene rings is 1. The molecule has 0 spiro atoms. The van der Waals surface area contributed by atoms with Crippen molar-refractivity contribution >= 4 is 11.8 Å². The van der Waals surface area contributed by atoms with Gasteiger partial charge >= 0.3 is 5.97 Å². The lowest BCUT2D eigenvalue weighted by atomic mass is 10.1. The summed E-state index contributed by atoms with van der Waals surface area (Å²) in [4.78, 5) is 24.2. The van der Waals surface area contributed by atoms with Gasteiger partial charge < -0.3 is 4.74 Å². The maximum atomic E-state index is 11.3. The van der Waals surface area contributed by atoms with E-state index in [-0.39, 0.29) is 5.78 Å². The van der Waals surface area contributed by atoms with Crippen LogP contribution in [0.4, 0.5) is 4.53 Å². The van der Waals surface area contributed by atoms with Crippen molar-refractivity contribution in [3.05, 3.63) is 29.8 Å². The highest BCUT2D eigenvalue weighted by Crippen LogP contribution is 2.12. The Balaban J connectivity index is 2.57. The van der Waals surface area contributed by atoms with E-state index in [9.17, 15) is 14.1 Å². The van der Waals surface area contributed by atoms with Gasteiger partial charge in [-0.3, -0.25) is 9.74 Å². The molecule has 0 bridgehead atoms. The first-order valence-corrected chi connectivity index (χ1v) is 4.18. The number of Topliss-reactive ketones (excluding diaryl/α,β-unsaturated/α-hetero) is 1. The summed E-state index contributed by atoms with van der Waals surface area (Å²) in [6.45, 7) is 0.937. The number of rotatable bonds is 4. The molecule has 1 rings (SSSR count). The second-order valence-electron chi connectivity index (χ2n) is 2.82. The third kappa shape index (κ3) is 3.38. The summed E-state index contributed by atoms with van der Waals surface area (Å²) >= 11 is 0. The Morgan fingerprint density at radius 1 is 1.27 bits per heavy atom. The van der Waals surface area contributed by atoms with Crippen LogP contribution in [0.25, 0.3) is 0 Å². The van der Waals surface area contributed by atoms with Gasteiger partial charge in [0.2, 0.25) is 0 Å². The summed E-state index contributed by atoms with van der Waals surface area (Å²) in [6, 6.07) is 6.14. The van der Waals surface area contributed by atoms with E-state index in [1.807, 2.05) is 0 Å². The minimum atomic E-state index is -1.11. The zero-order chi connectivity index (χ0) is 11.3. The molecule has 1 aromatic carbocycles. The lowest BCUT2D eigenvalue weighted by molar-refractivity contribution is -0.185. The van der Waals surface area contributed by atoms with E-state index < -0.39 is 12.6 Å². The maximum Gasteiger partial charge on any atom is 0.385 e. The van der Waals surface area contributed by atoms with Crippen LogP contribution in [0, 0.1) is 0 Å². The van der Waals surface area contributed by atoms with Gasteiger partial charge in [-0.2, -0.15) is 0 Å². The molecule has 15 heavy (non-hydrogen) atoms. The van der Waals surface area contributed by atoms with E-state index >= 15 is 0 Å². The predicted octanol–water partition coefficient (Wildman–Crippen LogP) is 1.70. The lowest BCUT2D eigenvalue weighted by Crippen LogP contribution is -2.11. The van der Waals surface area contributed by atoms with Crippen molar-refractivity contribution in [2.75, 3.05) is 6.61 Å². The summed E-state index contributed by atoms with van der Waals surface area (Å²) in [5.41, 5.74) is 0.537. The van der Waals surface area contributed by atoms with Crippen molar-refractivity contribution in [3.63, 3.8) is 0 Å². The second-order valence-corrected chi connectivity index (χ2v) is 2.82. The Morgan fingerprint density at radius 3 is 2.33 bits per heavy atom. The zero-order valence-corrected chi connectivity index (χ0v) is 8.03. The average Bonchev–Trinajstić information content (AvgIpc) is 2.26. The fourth-order valence-electron chi connectivity index (χ4n) is 0.950. The Labute approximate surface area is 85.5 Å². The van der Waals surface area contributed by atoms with Crippen LogP contribution in [0.1, 0.15) is 17.3 Å². The molecule has 0 saturated heterocycles. The van der Waals surface area contributed by atoms with Gasteiger partial charge in [-0.15, -0.1) is 0 Å². The van der Waals surface area contributed by atoms with Gasteiger partial charge in [-0.25, -0.2) is 4.79 Å². The first kappa shape index (κ1) is 11.2. The first-order valence-electron chi connectivity index (χ1n) is 4.18. The van der Waals surface area contributed by atoms with E-state index in [4.69, 9.17) is 4.74 Å². The minimum absolute atomic E-state index is 0.0651. The third-order valence-electron chi connectivity index (χ3n) is 1.70. The number of ether oxygens (including phenoxy) is 1. The molecule has 0 aliphatic heterocycles. The van der Waals surface area contributed by atoms with Gasteiger partial charge in [0.25, 0.3) is 0 Å². The van der Waals surface area contributed by atoms with E-state index in [0.29, 0.717) is 11.3 Å². The number of ketones is 1. The Bertz CT molecular complexity index is 358. The standard InChI is InChI=1S/C10H9FO4/c1-7(12)8-2-4-9(5-3-8)14-6-10(13)15-11/h2-5H,6H2,1H3. The van der Waals surface area contributed by atoms with Crippen molar-refractivity contribution in [2.45, 2.75) is 6.92 Å². The molecule has 0 fully saturated rings. The zero-order valence-electron chi connectivity index (χ0n) is 8.03. The highest BCUT2D eigenvalue weighted by molar-refractivity contribution is 5.94. The summed E-state index contributed by atoms with van der Waals surface area (Å²) < 4.78 is 16.2. The normalized spacial score (nSPS) is 9.47. The monoisotopic (exact) mass is 212 g/mol. The molecule has 0 aliphatic rings. The van der Waals surface area contributed by atoms with Gasteiger partial charge in [0.1, 0.15) is 5.75 Å². The van der Waals surface area contributed by atoms with E-state index in [1.54, 1.807) is 12.1 Å². The van der Waals surface area contributed by atoms with Crippen molar-refractivity contribution in [3.8, 4) is 5.75 Å². The second kappa shape index (κ2) is 5.09. The summed E-state index contributed by atoms with van der Waals surface area (Å²) in [5, 5.41) is 0. The summed E-state index contributed by atoms with van der Waals surface area (Å²) in [5.74, 6) is -0.805. The van der Waals surface area contributed by atoms with Crippen LogP contribution in [0.3, 0.4) is 0 Å². The van der Waals surface area contributed by atoms with Crippen molar-refractivity contribution < 1.29 is 23.8 Å². The quantitative estimate of drug-likeness (QED) is 0.713. The van der Waals surface area contributed by atoms with Crippen LogP contribution in [-0.4, -0.2) is 18.4 Å². The molecular weight excluding hydrogens is 203 g/mol. The average molecular weight is 212 g/mol. The number of hydrogen-bond donors (Lipinski definition) is 0. The largest absolute Gasteiger partial charge is 0.482 e. The molecule has 0 heterocycles. The highest BCUT2D eigenvalue weighted by Gasteiger charge is 2.04. The van der Waals surface area contributed by atoms with E-state index in [2.05, 4.69) is 4.94 Å². The molecule has 0 amide bonds. The van der Waals surface area contributed by atoms with Crippen molar-refractivity contribution in [1.82, 2.24) is 0 Å². The molecule has 0 radical (unpaired) electrons. The molecule has 0 aromatic heterocycles. The Morgan fingerprint density at radius 2 is 1.87 bits per heavy atom. The molecule has 80 valence electrons. The van der Waals surface area contributed by atoms with Crippen LogP contribution in [0.15, 0.2) is 24.3 Å². The van der Waals surface area contributed by atoms with Crippen LogP contribution >= 0.6 is 0 Å². The van der Waals surface area contributed by atoms with E-state index in [1.165, 1.54) is 19.1 Å².